The lowest BCUT2D eigenvalue weighted by Crippen LogP contribution is -2.09. The number of aliphatic imine (C=N–C) groups is 1. The lowest BCUT2D eigenvalue weighted by molar-refractivity contribution is -0.139. The van der Waals surface area contributed by atoms with Crippen molar-refractivity contribution in [2.24, 2.45) is 4.99 Å². The van der Waals surface area contributed by atoms with E-state index in [1.165, 1.54) is 0 Å². The molecule has 5 nitrogen and oxygen atoms in total. The van der Waals surface area contributed by atoms with Crippen molar-refractivity contribution in [1.29, 1.82) is 0 Å². The highest BCUT2D eigenvalue weighted by atomic mass is 16.5. The molecule has 0 aliphatic heterocycles. The fourth-order valence-corrected chi connectivity index (χ4v) is 1.61. The molecule has 0 aliphatic rings. The topological polar surface area (TPSA) is 68.1 Å². The summed E-state index contributed by atoms with van der Waals surface area (Å²) in [5, 5.41) is 8.52. The molecule has 0 bridgehead atoms. The molecule has 1 N–H and O–H groups in total. The average Bonchev–Trinajstić information content (AvgIpc) is 2.52. The van der Waals surface area contributed by atoms with Crippen molar-refractivity contribution in [2.45, 2.75) is 0 Å². The van der Waals surface area contributed by atoms with E-state index in [9.17, 15) is 4.79 Å². The average molecular weight is 285 g/mol. The smallest absolute Gasteiger partial charge is 0.341 e. The molecule has 0 fully saturated rings. The van der Waals surface area contributed by atoms with Gasteiger partial charge in [-0.05, 0) is 54.1 Å². The molecule has 2 aromatic carbocycles. The Hall–Kier alpha value is -2.82. The molecule has 0 aliphatic carbocycles. The summed E-state index contributed by atoms with van der Waals surface area (Å²) in [6.45, 7) is -0.348. The largest absolute Gasteiger partial charge is 0.497 e. The fourth-order valence-electron chi connectivity index (χ4n) is 1.61. The van der Waals surface area contributed by atoms with Crippen LogP contribution in [0.4, 0.5) is 5.69 Å². The van der Waals surface area contributed by atoms with Gasteiger partial charge in [-0.25, -0.2) is 4.79 Å². The molecule has 21 heavy (non-hydrogen) atoms. The molecule has 5 heteroatoms. The van der Waals surface area contributed by atoms with E-state index < -0.39 is 5.97 Å². The number of rotatable bonds is 6. The molecule has 0 unspecified atom stereocenters. The Morgan fingerprint density at radius 1 is 1.10 bits per heavy atom. The van der Waals surface area contributed by atoms with Gasteiger partial charge in [0.2, 0.25) is 0 Å². The Morgan fingerprint density at radius 2 is 1.71 bits per heavy atom. The van der Waals surface area contributed by atoms with Crippen LogP contribution >= 0.6 is 0 Å². The number of benzene rings is 2. The molecular weight excluding hydrogens is 270 g/mol. The van der Waals surface area contributed by atoms with Crippen molar-refractivity contribution in [3.63, 3.8) is 0 Å². The molecule has 2 aromatic rings. The summed E-state index contributed by atoms with van der Waals surface area (Å²) in [6.07, 6.45) is 1.72. The van der Waals surface area contributed by atoms with Gasteiger partial charge in [-0.1, -0.05) is 0 Å². The van der Waals surface area contributed by atoms with Crippen LogP contribution in [0.25, 0.3) is 0 Å². The second kappa shape index (κ2) is 7.09. The van der Waals surface area contributed by atoms with Gasteiger partial charge in [0.15, 0.2) is 6.61 Å². The fraction of sp³-hybridized carbons (Fsp3) is 0.125. The van der Waals surface area contributed by atoms with Crippen molar-refractivity contribution in [2.75, 3.05) is 13.7 Å². The van der Waals surface area contributed by atoms with Crippen LogP contribution in [-0.2, 0) is 4.79 Å². The first-order valence-electron chi connectivity index (χ1n) is 6.30. The van der Waals surface area contributed by atoms with Crippen LogP contribution in [0, 0.1) is 0 Å². The Kier molecular flexibility index (Phi) is 4.93. The molecule has 2 rings (SSSR count). The highest BCUT2D eigenvalue weighted by molar-refractivity contribution is 5.82. The third-order valence-electron chi connectivity index (χ3n) is 2.68. The van der Waals surface area contributed by atoms with Gasteiger partial charge in [-0.15, -0.1) is 0 Å². The van der Waals surface area contributed by atoms with Crippen molar-refractivity contribution in [3.8, 4) is 11.5 Å². The Morgan fingerprint density at radius 3 is 2.29 bits per heavy atom. The van der Waals surface area contributed by atoms with Gasteiger partial charge in [-0.3, -0.25) is 4.99 Å². The van der Waals surface area contributed by atoms with Crippen molar-refractivity contribution in [1.82, 2.24) is 0 Å². The number of nitrogens with zero attached hydrogens (tertiary/aromatic N) is 1. The molecule has 0 atom stereocenters. The maximum atomic E-state index is 10.4. The van der Waals surface area contributed by atoms with Gasteiger partial charge < -0.3 is 14.6 Å². The normalized spacial score (nSPS) is 10.5. The number of ether oxygens (including phenoxy) is 2. The molecular formula is C16H15NO4. The maximum Gasteiger partial charge on any atom is 0.341 e. The SMILES string of the molecule is COc1ccc(N=Cc2ccc(OCC(=O)O)cc2)cc1. The number of aliphatic carboxylic acids is 1. The van der Waals surface area contributed by atoms with Crippen LogP contribution in [0.5, 0.6) is 11.5 Å². The van der Waals surface area contributed by atoms with E-state index in [0.717, 1.165) is 17.0 Å². The van der Waals surface area contributed by atoms with Gasteiger partial charge in [0, 0.05) is 6.21 Å². The van der Waals surface area contributed by atoms with Crippen LogP contribution < -0.4 is 9.47 Å². The highest BCUT2D eigenvalue weighted by Crippen LogP contribution is 2.18. The highest BCUT2D eigenvalue weighted by Gasteiger charge is 1.98. The number of hydrogen-bond acceptors (Lipinski definition) is 4. The summed E-state index contributed by atoms with van der Waals surface area (Å²) in [4.78, 5) is 14.7. The lowest BCUT2D eigenvalue weighted by Gasteiger charge is -2.02. The molecule has 0 heterocycles. The first-order valence-corrected chi connectivity index (χ1v) is 6.30. The van der Waals surface area contributed by atoms with Gasteiger partial charge in [-0.2, -0.15) is 0 Å². The van der Waals surface area contributed by atoms with Crippen LogP contribution in [-0.4, -0.2) is 31.0 Å². The minimum absolute atomic E-state index is 0.348. The maximum absolute atomic E-state index is 10.4. The van der Waals surface area contributed by atoms with Gasteiger partial charge >= 0.3 is 5.97 Å². The molecule has 0 spiro atoms. The number of carboxylic acids is 1. The summed E-state index contributed by atoms with van der Waals surface area (Å²) in [5.41, 5.74) is 1.72. The number of carboxylic acid groups (broad SMARTS) is 1. The van der Waals surface area contributed by atoms with Crippen LogP contribution in [0.15, 0.2) is 53.5 Å². The van der Waals surface area contributed by atoms with Crippen LogP contribution in [0.3, 0.4) is 0 Å². The minimum Gasteiger partial charge on any atom is -0.497 e. The zero-order valence-electron chi connectivity index (χ0n) is 11.5. The predicted molar refractivity (Wildman–Crippen MR) is 79.8 cm³/mol. The first kappa shape index (κ1) is 14.6. The summed E-state index contributed by atoms with van der Waals surface area (Å²) < 4.78 is 10.1. The Balaban J connectivity index is 1.98. The van der Waals surface area contributed by atoms with Gasteiger partial charge in [0.1, 0.15) is 11.5 Å². The third-order valence-corrected chi connectivity index (χ3v) is 2.68. The monoisotopic (exact) mass is 285 g/mol. The standard InChI is InChI=1S/C16H15NO4/c1-20-14-8-4-13(5-9-14)17-10-12-2-6-15(7-3-12)21-11-16(18)19/h2-10H,11H2,1H3,(H,18,19). The summed E-state index contributed by atoms with van der Waals surface area (Å²) >= 11 is 0. The molecule has 0 aromatic heterocycles. The van der Waals surface area contributed by atoms with E-state index in [0.29, 0.717) is 5.75 Å². The molecule has 0 saturated carbocycles. The van der Waals surface area contributed by atoms with Crippen LogP contribution in [0.1, 0.15) is 5.56 Å². The first-order chi connectivity index (χ1) is 10.2. The number of carbonyl (C=O) groups is 1. The summed E-state index contributed by atoms with van der Waals surface area (Å²) in [6, 6.07) is 14.4. The van der Waals surface area contributed by atoms with Crippen molar-refractivity contribution in [3.05, 3.63) is 54.1 Å². The molecule has 0 amide bonds. The predicted octanol–water partition coefficient (Wildman–Crippen LogP) is 2.91. The van der Waals surface area contributed by atoms with Gasteiger partial charge in [0.05, 0.1) is 12.8 Å². The van der Waals surface area contributed by atoms with Gasteiger partial charge in [0.25, 0.3) is 0 Å². The molecule has 108 valence electrons. The number of methoxy groups -OCH3 is 1. The van der Waals surface area contributed by atoms with E-state index in [1.54, 1.807) is 25.5 Å². The van der Waals surface area contributed by atoms with Crippen molar-refractivity contribution >= 4 is 17.9 Å². The van der Waals surface area contributed by atoms with E-state index in [1.807, 2.05) is 36.4 Å². The van der Waals surface area contributed by atoms with E-state index in [2.05, 4.69) is 4.99 Å². The minimum atomic E-state index is -1.000. The van der Waals surface area contributed by atoms with E-state index in [-0.39, 0.29) is 6.61 Å². The molecule has 0 saturated heterocycles. The zero-order chi connectivity index (χ0) is 15.1. The Labute approximate surface area is 122 Å². The lowest BCUT2D eigenvalue weighted by atomic mass is 10.2. The zero-order valence-corrected chi connectivity index (χ0v) is 11.5. The van der Waals surface area contributed by atoms with E-state index in [4.69, 9.17) is 14.6 Å². The third kappa shape index (κ3) is 4.65. The second-order valence-electron chi connectivity index (χ2n) is 4.21. The Bertz CT molecular complexity index is 618. The molecule has 0 radical (unpaired) electrons. The quantitative estimate of drug-likeness (QED) is 0.829. The van der Waals surface area contributed by atoms with Crippen LogP contribution in [0.2, 0.25) is 0 Å². The number of hydrogen-bond donors (Lipinski definition) is 1. The van der Waals surface area contributed by atoms with Crippen molar-refractivity contribution < 1.29 is 19.4 Å². The summed E-state index contributed by atoms with van der Waals surface area (Å²) in [7, 11) is 1.62. The second-order valence-corrected chi connectivity index (χ2v) is 4.21. The summed E-state index contributed by atoms with van der Waals surface area (Å²) in [5.74, 6) is 0.299. The van der Waals surface area contributed by atoms with E-state index >= 15 is 0 Å².